The number of hydrogen-bond acceptors (Lipinski definition) is 4. The maximum absolute atomic E-state index is 7.13. The van der Waals surface area contributed by atoms with E-state index in [1.165, 1.54) is 38.9 Å². The van der Waals surface area contributed by atoms with Crippen LogP contribution in [-0.2, 0) is 5.41 Å². The van der Waals surface area contributed by atoms with Crippen LogP contribution in [0.2, 0.25) is 0 Å². The van der Waals surface area contributed by atoms with Crippen LogP contribution in [0.3, 0.4) is 0 Å². The van der Waals surface area contributed by atoms with Crippen LogP contribution in [-0.4, -0.2) is 19.3 Å². The molecule has 0 amide bonds. The lowest BCUT2D eigenvalue weighted by atomic mass is 9.70. The van der Waals surface area contributed by atoms with Crippen molar-refractivity contribution in [3.63, 3.8) is 0 Å². The summed E-state index contributed by atoms with van der Waals surface area (Å²) in [7, 11) is 2.10. The minimum Gasteiger partial charge on any atom is -0.478 e. The number of anilines is 3. The van der Waals surface area contributed by atoms with E-state index in [1.54, 1.807) is 6.08 Å². The number of hydrogen-bond donors (Lipinski definition) is 0. The van der Waals surface area contributed by atoms with Crippen molar-refractivity contribution in [1.29, 1.82) is 0 Å². The minimum absolute atomic E-state index is 0.273. The number of para-hydroxylation sites is 1. The van der Waals surface area contributed by atoms with Crippen molar-refractivity contribution < 1.29 is 9.47 Å². The van der Waals surface area contributed by atoms with Gasteiger partial charge < -0.3 is 19.3 Å². The van der Waals surface area contributed by atoms with E-state index in [0.29, 0.717) is 0 Å². The van der Waals surface area contributed by atoms with Gasteiger partial charge in [-0.3, -0.25) is 0 Å². The molecule has 1 aliphatic heterocycles. The van der Waals surface area contributed by atoms with Crippen LogP contribution >= 0.6 is 0 Å². The van der Waals surface area contributed by atoms with E-state index >= 15 is 0 Å². The lowest BCUT2D eigenvalue weighted by molar-refractivity contribution is 0.0755. The Morgan fingerprint density at radius 2 is 1.32 bits per heavy atom. The molecule has 256 valence electrons. The molecule has 2 unspecified atom stereocenters. The first-order chi connectivity index (χ1) is 26.0. The molecule has 10 rings (SSSR count). The summed E-state index contributed by atoms with van der Waals surface area (Å²) in [4.78, 5) is 4.36. The van der Waals surface area contributed by atoms with Gasteiger partial charge in [0.05, 0.1) is 5.41 Å². The summed E-state index contributed by atoms with van der Waals surface area (Å²) in [6.45, 7) is 10.6. The maximum atomic E-state index is 7.13. The van der Waals surface area contributed by atoms with Gasteiger partial charge in [0.1, 0.15) is 0 Å². The van der Waals surface area contributed by atoms with Crippen molar-refractivity contribution in [2.24, 2.45) is 0 Å². The van der Waals surface area contributed by atoms with Gasteiger partial charge in [-0.15, -0.1) is 0 Å². The lowest BCUT2D eigenvalue weighted by Gasteiger charge is -2.37. The number of fused-ring (bicyclic) bond motifs is 13. The zero-order chi connectivity index (χ0) is 35.8. The second-order valence-electron chi connectivity index (χ2n) is 14.2. The molecule has 4 nitrogen and oxygen atoms in total. The summed E-state index contributed by atoms with van der Waals surface area (Å²) >= 11 is 0. The van der Waals surface area contributed by atoms with E-state index in [1.807, 2.05) is 6.07 Å². The Morgan fingerprint density at radius 3 is 2.00 bits per heavy atom. The number of ether oxygens (including phenoxy) is 2. The van der Waals surface area contributed by atoms with Gasteiger partial charge >= 0.3 is 0 Å². The van der Waals surface area contributed by atoms with E-state index in [4.69, 9.17) is 9.47 Å². The van der Waals surface area contributed by atoms with E-state index in [2.05, 4.69) is 183 Å². The Hall–Kier alpha value is -6.52. The zero-order valence-corrected chi connectivity index (χ0v) is 29.8. The molecule has 0 saturated heterocycles. The fourth-order valence-electron chi connectivity index (χ4n) is 9.12. The average Bonchev–Trinajstić information content (AvgIpc) is 3.68. The average molecular weight is 687 g/mol. The maximum Gasteiger partial charge on any atom is 0.170 e. The quantitative estimate of drug-likeness (QED) is 0.163. The Labute approximate surface area is 310 Å². The highest BCUT2D eigenvalue weighted by Crippen LogP contribution is 2.65. The summed E-state index contributed by atoms with van der Waals surface area (Å²) in [6, 6.07) is 47.8. The van der Waals surface area contributed by atoms with Crippen LogP contribution in [0.25, 0.3) is 22.3 Å². The number of benzene rings is 6. The summed E-state index contributed by atoms with van der Waals surface area (Å²) < 4.78 is 13.9. The van der Waals surface area contributed by atoms with Crippen molar-refractivity contribution in [2.75, 3.05) is 16.8 Å². The van der Waals surface area contributed by atoms with Crippen molar-refractivity contribution >= 4 is 17.1 Å². The molecule has 4 aliphatic rings. The van der Waals surface area contributed by atoms with Gasteiger partial charge in [-0.1, -0.05) is 110 Å². The fourth-order valence-corrected chi connectivity index (χ4v) is 9.12. The molecule has 0 aromatic heterocycles. The Bertz CT molecular complexity index is 2520. The molecule has 0 N–H and O–H groups in total. The third-order valence-corrected chi connectivity index (χ3v) is 11.4. The molecule has 2 atom stereocenters. The Morgan fingerprint density at radius 1 is 0.679 bits per heavy atom. The van der Waals surface area contributed by atoms with Crippen LogP contribution in [0.15, 0.2) is 182 Å². The monoisotopic (exact) mass is 686 g/mol. The van der Waals surface area contributed by atoms with Crippen LogP contribution in [0.1, 0.15) is 27.8 Å². The van der Waals surface area contributed by atoms with Gasteiger partial charge in [0.2, 0.25) is 0 Å². The first-order valence-corrected chi connectivity index (χ1v) is 18.2. The van der Waals surface area contributed by atoms with E-state index < -0.39 is 5.41 Å². The molecule has 4 heteroatoms. The molecule has 53 heavy (non-hydrogen) atoms. The first kappa shape index (κ1) is 31.2. The standard InChI is InChI=1S/C49H38N2O2/c1-5-32(3)51(34-23-26-43(31(2)29-34)50(4)33-15-7-6-8-16-33)35-24-27-44-46(30-35)53-48-45(52-44)28-25-42-47(48)38-19-11-14-22-41(38)49(42)39-20-12-9-17-36(39)37-18-10-13-21-40(37)49/h5-30,44,46H,1,3H2,2,4H3. The molecule has 1 spiro atoms. The molecule has 0 fully saturated rings. The molecule has 1 heterocycles. The van der Waals surface area contributed by atoms with E-state index in [0.717, 1.165) is 51.1 Å². The van der Waals surface area contributed by atoms with Crippen LogP contribution < -0.4 is 19.3 Å². The first-order valence-electron chi connectivity index (χ1n) is 18.2. The smallest absolute Gasteiger partial charge is 0.170 e. The third kappa shape index (κ3) is 4.42. The highest BCUT2D eigenvalue weighted by Gasteiger charge is 2.53. The number of rotatable bonds is 6. The summed E-state index contributed by atoms with van der Waals surface area (Å²) in [6.07, 6.45) is 7.54. The SMILES string of the molecule is C=CC(=C)N(C1=CC2Oc3c(ccc4c3-c3ccccc3C43c4ccccc4-c4ccccc43)OC2C=C1)c1ccc(N(C)c2ccccc2)c(C)c1. The van der Waals surface area contributed by atoms with E-state index in [-0.39, 0.29) is 12.2 Å². The summed E-state index contributed by atoms with van der Waals surface area (Å²) in [5.41, 5.74) is 15.7. The Balaban J connectivity index is 1.06. The molecular formula is C49H38N2O2. The molecule has 6 aromatic carbocycles. The normalized spacial score (nSPS) is 17.5. The molecule has 0 radical (unpaired) electrons. The van der Waals surface area contributed by atoms with Crippen LogP contribution in [0.4, 0.5) is 17.1 Å². The predicted molar refractivity (Wildman–Crippen MR) is 216 cm³/mol. The number of nitrogens with zero attached hydrogens (tertiary/aromatic N) is 2. The van der Waals surface area contributed by atoms with Crippen LogP contribution in [0, 0.1) is 6.92 Å². The third-order valence-electron chi connectivity index (χ3n) is 11.4. The Kier molecular flexibility index (Phi) is 6.93. The minimum atomic E-state index is -0.446. The zero-order valence-electron chi connectivity index (χ0n) is 29.8. The summed E-state index contributed by atoms with van der Waals surface area (Å²) in [5, 5.41) is 0. The molecule has 0 bridgehead atoms. The van der Waals surface area contributed by atoms with Crippen LogP contribution in [0.5, 0.6) is 11.5 Å². The van der Waals surface area contributed by atoms with Crippen molar-refractivity contribution in [1.82, 2.24) is 0 Å². The topological polar surface area (TPSA) is 24.9 Å². The summed E-state index contributed by atoms with van der Waals surface area (Å²) in [5.74, 6) is 1.55. The van der Waals surface area contributed by atoms with Gasteiger partial charge in [-0.25, -0.2) is 0 Å². The molecule has 3 aliphatic carbocycles. The van der Waals surface area contributed by atoms with Gasteiger partial charge in [0.15, 0.2) is 23.7 Å². The van der Waals surface area contributed by atoms with Crippen molar-refractivity contribution in [3.05, 3.63) is 210 Å². The second-order valence-corrected chi connectivity index (χ2v) is 14.2. The second kappa shape index (κ2) is 11.8. The van der Waals surface area contributed by atoms with Gasteiger partial charge in [0.25, 0.3) is 0 Å². The predicted octanol–water partition coefficient (Wildman–Crippen LogP) is 11.3. The lowest BCUT2D eigenvalue weighted by Crippen LogP contribution is -2.40. The van der Waals surface area contributed by atoms with Gasteiger partial charge in [0, 0.05) is 41.1 Å². The highest BCUT2D eigenvalue weighted by atomic mass is 16.6. The fraction of sp³-hybridized carbons (Fsp3) is 0.102. The number of aryl methyl sites for hydroxylation is 1. The van der Waals surface area contributed by atoms with Crippen molar-refractivity contribution in [2.45, 2.75) is 24.5 Å². The van der Waals surface area contributed by atoms with E-state index in [9.17, 15) is 0 Å². The highest BCUT2D eigenvalue weighted by molar-refractivity contribution is 5.97. The molecule has 0 saturated carbocycles. The molecule has 6 aromatic rings. The van der Waals surface area contributed by atoms with Gasteiger partial charge in [-0.05, 0) is 112 Å². The van der Waals surface area contributed by atoms with Crippen molar-refractivity contribution in [3.8, 4) is 33.8 Å². The van der Waals surface area contributed by atoms with Gasteiger partial charge in [-0.2, -0.15) is 0 Å². The number of allylic oxidation sites excluding steroid dienone is 2. The molecular weight excluding hydrogens is 649 g/mol. The largest absolute Gasteiger partial charge is 0.478 e.